The van der Waals surface area contributed by atoms with Crippen LogP contribution in [0.4, 0.5) is 0 Å². The van der Waals surface area contributed by atoms with Gasteiger partial charge in [-0.1, -0.05) is 25.0 Å². The first kappa shape index (κ1) is 17.4. The lowest BCUT2D eigenvalue weighted by Crippen LogP contribution is -2.24. The SMILES string of the molecule is O=C(CCc1ccc2c(c1)[nH]c1ccncc12)NCCCCCCO. The van der Waals surface area contributed by atoms with Crippen molar-refractivity contribution < 1.29 is 9.90 Å². The number of aliphatic hydroxyl groups excluding tert-OH is 1. The number of fused-ring (bicyclic) bond motifs is 3. The Morgan fingerprint density at radius 3 is 2.84 bits per heavy atom. The fraction of sp³-hybridized carbons (Fsp3) is 0.400. The Balaban J connectivity index is 1.49. The Morgan fingerprint density at radius 2 is 1.96 bits per heavy atom. The molecule has 0 saturated carbocycles. The van der Waals surface area contributed by atoms with Crippen molar-refractivity contribution in [1.82, 2.24) is 15.3 Å². The summed E-state index contributed by atoms with van der Waals surface area (Å²) in [4.78, 5) is 19.5. The molecule has 3 N–H and O–H groups in total. The van der Waals surface area contributed by atoms with Gasteiger partial charge in [0.1, 0.15) is 0 Å². The van der Waals surface area contributed by atoms with Crippen LogP contribution in [0.3, 0.4) is 0 Å². The van der Waals surface area contributed by atoms with E-state index in [1.54, 1.807) is 6.20 Å². The molecular formula is C20H25N3O2. The molecule has 0 bridgehead atoms. The number of H-pyrrole nitrogens is 1. The van der Waals surface area contributed by atoms with Gasteiger partial charge in [0.05, 0.1) is 0 Å². The highest BCUT2D eigenvalue weighted by atomic mass is 16.2. The summed E-state index contributed by atoms with van der Waals surface area (Å²) in [6.45, 7) is 0.974. The summed E-state index contributed by atoms with van der Waals surface area (Å²) < 4.78 is 0. The predicted molar refractivity (Wildman–Crippen MR) is 100 cm³/mol. The van der Waals surface area contributed by atoms with Crippen molar-refractivity contribution in [2.45, 2.75) is 38.5 Å². The van der Waals surface area contributed by atoms with Gasteiger partial charge in [-0.2, -0.15) is 0 Å². The maximum atomic E-state index is 11.9. The molecule has 0 aliphatic carbocycles. The molecule has 0 spiro atoms. The van der Waals surface area contributed by atoms with E-state index in [2.05, 4.69) is 33.5 Å². The monoisotopic (exact) mass is 339 g/mol. The fourth-order valence-electron chi connectivity index (χ4n) is 3.11. The van der Waals surface area contributed by atoms with E-state index in [1.165, 1.54) is 5.39 Å². The number of carbonyl (C=O) groups excluding carboxylic acids is 1. The summed E-state index contributed by atoms with van der Waals surface area (Å²) in [5, 5.41) is 14.0. The van der Waals surface area contributed by atoms with Crippen LogP contribution in [0.2, 0.25) is 0 Å². The predicted octanol–water partition coefficient (Wildman–Crippen LogP) is 3.32. The number of rotatable bonds is 9. The second-order valence-corrected chi connectivity index (χ2v) is 6.41. The summed E-state index contributed by atoms with van der Waals surface area (Å²) in [7, 11) is 0. The summed E-state index contributed by atoms with van der Waals surface area (Å²) in [6.07, 6.45) is 8.79. The molecule has 3 aromatic rings. The van der Waals surface area contributed by atoms with Crippen molar-refractivity contribution in [2.24, 2.45) is 0 Å². The minimum Gasteiger partial charge on any atom is -0.396 e. The zero-order valence-corrected chi connectivity index (χ0v) is 14.4. The molecule has 3 rings (SSSR count). The maximum Gasteiger partial charge on any atom is 0.220 e. The van der Waals surface area contributed by atoms with Gasteiger partial charge < -0.3 is 15.4 Å². The van der Waals surface area contributed by atoms with E-state index in [0.29, 0.717) is 6.42 Å². The first-order valence-corrected chi connectivity index (χ1v) is 9.00. The summed E-state index contributed by atoms with van der Waals surface area (Å²) >= 11 is 0. The average molecular weight is 339 g/mol. The van der Waals surface area contributed by atoms with Crippen LogP contribution in [0.5, 0.6) is 0 Å². The van der Waals surface area contributed by atoms with Gasteiger partial charge in [-0.3, -0.25) is 9.78 Å². The van der Waals surface area contributed by atoms with Gasteiger partial charge in [0.25, 0.3) is 0 Å². The third-order valence-corrected chi connectivity index (χ3v) is 4.51. The van der Waals surface area contributed by atoms with Crippen LogP contribution < -0.4 is 5.32 Å². The van der Waals surface area contributed by atoms with Crippen molar-refractivity contribution >= 4 is 27.7 Å². The van der Waals surface area contributed by atoms with Gasteiger partial charge >= 0.3 is 0 Å². The molecule has 0 aliphatic heterocycles. The van der Waals surface area contributed by atoms with Crippen LogP contribution in [-0.4, -0.2) is 34.1 Å². The number of nitrogens with one attached hydrogen (secondary N) is 2. The maximum absolute atomic E-state index is 11.9. The normalized spacial score (nSPS) is 11.2. The number of amides is 1. The van der Waals surface area contributed by atoms with Crippen LogP contribution >= 0.6 is 0 Å². The average Bonchev–Trinajstić information content (AvgIpc) is 3.00. The zero-order chi connectivity index (χ0) is 17.5. The minimum atomic E-state index is 0.100. The zero-order valence-electron chi connectivity index (χ0n) is 14.4. The van der Waals surface area contributed by atoms with Crippen molar-refractivity contribution in [1.29, 1.82) is 0 Å². The standard InChI is InChI=1S/C20H25N3O2/c24-12-4-2-1-3-10-22-20(25)8-6-15-5-7-16-17-14-21-11-9-18(17)23-19(16)13-15/h5,7,9,11,13-14,23-24H,1-4,6,8,10,12H2,(H,22,25). The lowest BCUT2D eigenvalue weighted by Gasteiger charge is -2.05. The Bertz CT molecular complexity index is 841. The third-order valence-electron chi connectivity index (χ3n) is 4.51. The van der Waals surface area contributed by atoms with Crippen molar-refractivity contribution in [3.05, 3.63) is 42.2 Å². The van der Waals surface area contributed by atoms with Gasteiger partial charge in [0, 0.05) is 53.8 Å². The summed E-state index contributed by atoms with van der Waals surface area (Å²) in [5.41, 5.74) is 3.33. The number of aromatic nitrogens is 2. The van der Waals surface area contributed by atoms with E-state index in [1.807, 2.05) is 12.3 Å². The first-order chi connectivity index (χ1) is 12.3. The summed E-state index contributed by atoms with van der Waals surface area (Å²) in [6, 6.07) is 8.29. The lowest BCUT2D eigenvalue weighted by atomic mass is 10.1. The number of nitrogens with zero attached hydrogens (tertiary/aromatic N) is 1. The second kappa shape index (κ2) is 8.62. The molecule has 0 atom stereocenters. The molecule has 1 amide bonds. The van der Waals surface area contributed by atoms with Crippen molar-refractivity contribution in [3.8, 4) is 0 Å². The van der Waals surface area contributed by atoms with Gasteiger partial charge in [-0.05, 0) is 37.0 Å². The molecule has 0 fully saturated rings. The van der Waals surface area contributed by atoms with Crippen LogP contribution in [0.1, 0.15) is 37.7 Å². The Morgan fingerprint density at radius 1 is 1.08 bits per heavy atom. The molecule has 132 valence electrons. The topological polar surface area (TPSA) is 78.0 Å². The number of unbranched alkanes of at least 4 members (excludes halogenated alkanes) is 3. The molecule has 2 heterocycles. The number of aromatic amines is 1. The quantitative estimate of drug-likeness (QED) is 0.523. The van der Waals surface area contributed by atoms with Crippen LogP contribution in [-0.2, 0) is 11.2 Å². The Labute approximate surface area is 147 Å². The smallest absolute Gasteiger partial charge is 0.220 e. The molecule has 25 heavy (non-hydrogen) atoms. The molecule has 0 radical (unpaired) electrons. The molecule has 0 aliphatic rings. The summed E-state index contributed by atoms with van der Waals surface area (Å²) in [5.74, 6) is 0.100. The highest BCUT2D eigenvalue weighted by molar-refractivity contribution is 6.06. The Hall–Kier alpha value is -2.40. The molecule has 1 aromatic carbocycles. The molecule has 2 aromatic heterocycles. The van der Waals surface area contributed by atoms with Gasteiger partial charge in [0.2, 0.25) is 5.91 Å². The molecule has 0 unspecified atom stereocenters. The van der Waals surface area contributed by atoms with Gasteiger partial charge in [-0.15, -0.1) is 0 Å². The second-order valence-electron chi connectivity index (χ2n) is 6.41. The first-order valence-electron chi connectivity index (χ1n) is 9.00. The van der Waals surface area contributed by atoms with E-state index in [0.717, 1.165) is 60.6 Å². The number of pyridine rings is 1. The van der Waals surface area contributed by atoms with Crippen LogP contribution in [0.25, 0.3) is 21.8 Å². The van der Waals surface area contributed by atoms with Crippen LogP contribution in [0, 0.1) is 0 Å². The molecule has 0 saturated heterocycles. The molecule has 5 heteroatoms. The Kier molecular flexibility index (Phi) is 6.01. The van der Waals surface area contributed by atoms with Gasteiger partial charge in [0.15, 0.2) is 0 Å². The van der Waals surface area contributed by atoms with Crippen LogP contribution in [0.15, 0.2) is 36.7 Å². The number of hydrogen-bond acceptors (Lipinski definition) is 3. The van der Waals surface area contributed by atoms with Gasteiger partial charge in [-0.25, -0.2) is 0 Å². The van der Waals surface area contributed by atoms with Crippen molar-refractivity contribution in [2.75, 3.05) is 13.2 Å². The highest BCUT2D eigenvalue weighted by Gasteiger charge is 2.06. The number of aryl methyl sites for hydroxylation is 1. The molecule has 5 nitrogen and oxygen atoms in total. The van der Waals surface area contributed by atoms with Crippen molar-refractivity contribution in [3.63, 3.8) is 0 Å². The highest BCUT2D eigenvalue weighted by Crippen LogP contribution is 2.25. The third kappa shape index (κ3) is 4.57. The number of benzene rings is 1. The van der Waals surface area contributed by atoms with E-state index in [9.17, 15) is 4.79 Å². The van der Waals surface area contributed by atoms with E-state index >= 15 is 0 Å². The largest absolute Gasteiger partial charge is 0.396 e. The van der Waals surface area contributed by atoms with E-state index in [4.69, 9.17) is 5.11 Å². The van der Waals surface area contributed by atoms with E-state index < -0.39 is 0 Å². The minimum absolute atomic E-state index is 0.100. The number of carbonyl (C=O) groups is 1. The van der Waals surface area contributed by atoms with E-state index in [-0.39, 0.29) is 12.5 Å². The fourth-order valence-corrected chi connectivity index (χ4v) is 3.11. The molecular weight excluding hydrogens is 314 g/mol. The number of aliphatic hydroxyl groups is 1. The lowest BCUT2D eigenvalue weighted by molar-refractivity contribution is -0.121. The number of hydrogen-bond donors (Lipinski definition) is 3.